The lowest BCUT2D eigenvalue weighted by atomic mass is 10.1. The lowest BCUT2D eigenvalue weighted by molar-refractivity contribution is 0.101. The van der Waals surface area contributed by atoms with Crippen LogP contribution in [0.15, 0.2) is 30.3 Å². The van der Waals surface area contributed by atoms with Crippen molar-refractivity contribution in [2.24, 2.45) is 0 Å². The molecular formula is C9H7NO. The van der Waals surface area contributed by atoms with Gasteiger partial charge in [0.1, 0.15) is 0 Å². The maximum atomic E-state index is 11.0. The molecule has 0 unspecified atom stereocenters. The first kappa shape index (κ1) is 7.49. The van der Waals surface area contributed by atoms with E-state index in [1.165, 1.54) is 0 Å². The predicted octanol–water partition coefficient (Wildman–Crippen LogP) is 1.79. The summed E-state index contributed by atoms with van der Waals surface area (Å²) < 4.78 is 0. The fourth-order valence-corrected chi connectivity index (χ4v) is 0.787. The Balaban J connectivity index is 2.79. The van der Waals surface area contributed by atoms with Gasteiger partial charge in [0.05, 0.1) is 0 Å². The van der Waals surface area contributed by atoms with Crippen molar-refractivity contribution in [3.8, 4) is 0 Å². The first-order valence-corrected chi connectivity index (χ1v) is 3.26. The summed E-state index contributed by atoms with van der Waals surface area (Å²) in [5.41, 5.74) is 0.614. The van der Waals surface area contributed by atoms with E-state index in [2.05, 4.69) is 4.85 Å². The Bertz CT molecular complexity index is 284. The summed E-state index contributed by atoms with van der Waals surface area (Å²) in [5.74, 6) is -0.111. The molecule has 0 aliphatic heterocycles. The van der Waals surface area contributed by atoms with E-state index < -0.39 is 0 Å². The number of nitrogens with zero attached hydrogens (tertiary/aromatic N) is 1. The van der Waals surface area contributed by atoms with Crippen molar-refractivity contribution < 1.29 is 4.79 Å². The average molecular weight is 145 g/mol. The monoisotopic (exact) mass is 145 g/mol. The Kier molecular flexibility index (Phi) is 2.40. The number of ketones is 1. The number of Topliss-reactive ketones (excluding diaryl/α,β-unsaturated/α-hetero) is 1. The SMILES string of the molecule is [C-]#[N+]CC(=O)c1ccccc1. The van der Waals surface area contributed by atoms with Gasteiger partial charge in [-0.15, -0.1) is 0 Å². The number of rotatable bonds is 2. The molecule has 54 valence electrons. The van der Waals surface area contributed by atoms with E-state index in [0.717, 1.165) is 0 Å². The minimum atomic E-state index is -0.111. The van der Waals surface area contributed by atoms with Gasteiger partial charge in [-0.2, -0.15) is 0 Å². The van der Waals surface area contributed by atoms with E-state index in [4.69, 9.17) is 6.57 Å². The Morgan fingerprint density at radius 3 is 2.55 bits per heavy atom. The third kappa shape index (κ3) is 1.91. The lowest BCUT2D eigenvalue weighted by Gasteiger charge is -1.90. The Morgan fingerprint density at radius 1 is 1.36 bits per heavy atom. The fourth-order valence-electron chi connectivity index (χ4n) is 0.787. The molecule has 0 aliphatic carbocycles. The van der Waals surface area contributed by atoms with Gasteiger partial charge in [-0.25, -0.2) is 6.57 Å². The molecule has 0 saturated carbocycles. The molecule has 1 aromatic carbocycles. The molecule has 1 aromatic rings. The van der Waals surface area contributed by atoms with Gasteiger partial charge in [-0.1, -0.05) is 30.3 Å². The van der Waals surface area contributed by atoms with Crippen LogP contribution in [0.3, 0.4) is 0 Å². The highest BCUT2D eigenvalue weighted by molar-refractivity contribution is 5.98. The highest BCUT2D eigenvalue weighted by Gasteiger charge is 2.05. The molecule has 0 aromatic heterocycles. The maximum absolute atomic E-state index is 11.0. The van der Waals surface area contributed by atoms with Crippen molar-refractivity contribution in [1.82, 2.24) is 0 Å². The first-order valence-electron chi connectivity index (χ1n) is 3.26. The molecule has 0 spiro atoms. The van der Waals surface area contributed by atoms with Crippen LogP contribution in [-0.4, -0.2) is 12.3 Å². The Labute approximate surface area is 65.3 Å². The molecule has 0 fully saturated rings. The van der Waals surface area contributed by atoms with Crippen molar-refractivity contribution in [2.75, 3.05) is 6.54 Å². The molecule has 0 N–H and O–H groups in total. The second-order valence-corrected chi connectivity index (χ2v) is 2.11. The van der Waals surface area contributed by atoms with E-state index in [1.807, 2.05) is 6.07 Å². The van der Waals surface area contributed by atoms with Gasteiger partial charge < -0.3 is 4.85 Å². The molecule has 0 atom stereocenters. The quantitative estimate of drug-likeness (QED) is 0.459. The largest absolute Gasteiger partial charge is 0.308 e. The zero-order valence-electron chi connectivity index (χ0n) is 5.95. The topological polar surface area (TPSA) is 21.4 Å². The average Bonchev–Trinajstić information content (AvgIpc) is 2.07. The van der Waals surface area contributed by atoms with Crippen LogP contribution in [0.1, 0.15) is 10.4 Å². The normalized spacial score (nSPS) is 8.64. The van der Waals surface area contributed by atoms with E-state index in [9.17, 15) is 4.79 Å². The van der Waals surface area contributed by atoms with Gasteiger partial charge in [0.25, 0.3) is 6.54 Å². The van der Waals surface area contributed by atoms with Crippen LogP contribution in [0.25, 0.3) is 4.85 Å². The fraction of sp³-hybridized carbons (Fsp3) is 0.111. The maximum Gasteiger partial charge on any atom is 0.276 e. The molecule has 0 saturated heterocycles. The lowest BCUT2D eigenvalue weighted by Crippen LogP contribution is -2.00. The summed E-state index contributed by atoms with van der Waals surface area (Å²) in [5, 5.41) is 0. The highest BCUT2D eigenvalue weighted by atomic mass is 16.1. The summed E-state index contributed by atoms with van der Waals surface area (Å²) in [7, 11) is 0. The zero-order valence-corrected chi connectivity index (χ0v) is 5.95. The number of hydrogen-bond acceptors (Lipinski definition) is 1. The van der Waals surface area contributed by atoms with E-state index >= 15 is 0 Å². The van der Waals surface area contributed by atoms with Crippen LogP contribution >= 0.6 is 0 Å². The summed E-state index contributed by atoms with van der Waals surface area (Å²) in [6.07, 6.45) is 0. The van der Waals surface area contributed by atoms with Crippen LogP contribution in [-0.2, 0) is 0 Å². The minimum absolute atomic E-state index is 0.0516. The van der Waals surface area contributed by atoms with E-state index in [0.29, 0.717) is 5.56 Å². The van der Waals surface area contributed by atoms with Crippen molar-refractivity contribution >= 4 is 5.78 Å². The molecule has 0 radical (unpaired) electrons. The van der Waals surface area contributed by atoms with Crippen molar-refractivity contribution in [3.63, 3.8) is 0 Å². The molecule has 2 nitrogen and oxygen atoms in total. The number of hydrogen-bond donors (Lipinski definition) is 0. The zero-order chi connectivity index (χ0) is 8.10. The van der Waals surface area contributed by atoms with Crippen molar-refractivity contribution in [3.05, 3.63) is 47.3 Å². The third-order valence-electron chi connectivity index (χ3n) is 1.32. The second kappa shape index (κ2) is 3.52. The molecule has 0 bridgehead atoms. The van der Waals surface area contributed by atoms with Gasteiger partial charge in [-0.3, -0.25) is 4.79 Å². The second-order valence-electron chi connectivity index (χ2n) is 2.11. The summed E-state index contributed by atoms with van der Waals surface area (Å²) in [6, 6.07) is 8.85. The predicted molar refractivity (Wildman–Crippen MR) is 42.2 cm³/mol. The van der Waals surface area contributed by atoms with Gasteiger partial charge >= 0.3 is 0 Å². The van der Waals surface area contributed by atoms with Gasteiger partial charge in [0, 0.05) is 5.56 Å². The summed E-state index contributed by atoms with van der Waals surface area (Å²) in [6.45, 7) is 6.43. The minimum Gasteiger partial charge on any atom is -0.308 e. The standard InChI is InChI=1S/C9H7NO/c1-10-7-9(11)8-5-3-2-4-6-8/h2-6H,7H2. The molecule has 0 aliphatic rings. The summed E-state index contributed by atoms with van der Waals surface area (Å²) >= 11 is 0. The number of carbonyl (C=O) groups excluding carboxylic acids is 1. The van der Waals surface area contributed by atoms with Crippen LogP contribution in [0, 0.1) is 6.57 Å². The van der Waals surface area contributed by atoms with Crippen molar-refractivity contribution in [1.29, 1.82) is 0 Å². The Hall–Kier alpha value is -1.62. The highest BCUT2D eigenvalue weighted by Crippen LogP contribution is 1.99. The summed E-state index contributed by atoms with van der Waals surface area (Å²) in [4.78, 5) is 14.0. The molecule has 2 heteroatoms. The number of benzene rings is 1. The smallest absolute Gasteiger partial charge is 0.276 e. The molecular weight excluding hydrogens is 138 g/mol. The third-order valence-corrected chi connectivity index (χ3v) is 1.32. The van der Waals surface area contributed by atoms with E-state index in [-0.39, 0.29) is 12.3 Å². The Morgan fingerprint density at radius 2 is 2.00 bits per heavy atom. The van der Waals surface area contributed by atoms with Gasteiger partial charge in [-0.05, 0) is 0 Å². The molecule has 0 heterocycles. The molecule has 0 amide bonds. The van der Waals surface area contributed by atoms with E-state index in [1.54, 1.807) is 24.3 Å². The first-order chi connectivity index (χ1) is 5.34. The van der Waals surface area contributed by atoms with Crippen molar-refractivity contribution in [2.45, 2.75) is 0 Å². The van der Waals surface area contributed by atoms with Crippen LogP contribution < -0.4 is 0 Å². The van der Waals surface area contributed by atoms with Crippen LogP contribution in [0.4, 0.5) is 0 Å². The van der Waals surface area contributed by atoms with Crippen LogP contribution in [0.5, 0.6) is 0 Å². The molecule has 11 heavy (non-hydrogen) atoms. The molecule has 1 rings (SSSR count). The van der Waals surface area contributed by atoms with Gasteiger partial charge in [0.15, 0.2) is 0 Å². The number of carbonyl (C=O) groups is 1. The van der Waals surface area contributed by atoms with Gasteiger partial charge in [0.2, 0.25) is 5.78 Å². The van der Waals surface area contributed by atoms with Crippen LogP contribution in [0.2, 0.25) is 0 Å².